The number of ether oxygens (including phenoxy) is 2. The number of phenolic OH excluding ortho intramolecular Hbond substituents is 1. The Bertz CT molecular complexity index is 1860. The number of nitrogens with zero attached hydrogens (tertiary/aromatic N) is 6. The number of fused-ring (bicyclic) bond motifs is 6. The molecule has 6 heterocycles. The molecule has 0 radical (unpaired) electrons. The molecule has 1 aliphatic carbocycles. The van der Waals surface area contributed by atoms with Gasteiger partial charge in [-0.2, -0.15) is 9.97 Å². The van der Waals surface area contributed by atoms with E-state index in [0.717, 1.165) is 58.4 Å². The van der Waals surface area contributed by atoms with Crippen LogP contribution < -0.4 is 15.0 Å². The van der Waals surface area contributed by atoms with E-state index < -0.39 is 5.82 Å². The fourth-order valence-electron chi connectivity index (χ4n) is 8.23. The molecule has 4 saturated heterocycles. The molecule has 1 saturated carbocycles. The third-order valence-corrected chi connectivity index (χ3v) is 10.7. The molecule has 2 unspecified atom stereocenters. The molecule has 2 aromatic heterocycles. The Morgan fingerprint density at radius 2 is 1.85 bits per heavy atom. The largest absolute Gasteiger partial charge is 0.508 e. The first kappa shape index (κ1) is 28.3. The van der Waals surface area contributed by atoms with Gasteiger partial charge in [0, 0.05) is 55.6 Å². The van der Waals surface area contributed by atoms with Crippen molar-refractivity contribution in [2.75, 3.05) is 44.2 Å². The standard InChI is InChI=1S/C35H38FN7O3/c1-2-28-29(36)8-3-21-11-25(44)12-22(30(21)28)13-43-20-37-31-32(43)39-34(42-14-23-4-5-24(15-42)38-23)40-33(31)45-19-35(9-10-35)18-41-16-26-6-7-27(17-41)46-26/h1,3,8,11-12,20,23-24,26-27,38,44H,4-7,9-10,13-19H2/t23-,24+,26?,27?. The van der Waals surface area contributed by atoms with E-state index in [9.17, 15) is 9.50 Å². The lowest BCUT2D eigenvalue weighted by Crippen LogP contribution is -2.51. The number of piperazine rings is 1. The summed E-state index contributed by atoms with van der Waals surface area (Å²) in [6.07, 6.45) is 15.1. The molecule has 4 aromatic rings. The summed E-state index contributed by atoms with van der Waals surface area (Å²) in [5.41, 5.74) is 2.20. The minimum absolute atomic E-state index is 0.0835. The first-order chi connectivity index (χ1) is 22.4. The summed E-state index contributed by atoms with van der Waals surface area (Å²) in [6.45, 7) is 5.55. The van der Waals surface area contributed by atoms with Crippen molar-refractivity contribution in [3.63, 3.8) is 0 Å². The van der Waals surface area contributed by atoms with Gasteiger partial charge in [-0.1, -0.05) is 12.0 Å². The molecule has 5 fully saturated rings. The Hall–Kier alpha value is -3.98. The van der Waals surface area contributed by atoms with Crippen molar-refractivity contribution in [2.24, 2.45) is 5.41 Å². The van der Waals surface area contributed by atoms with Crippen molar-refractivity contribution >= 4 is 27.9 Å². The highest BCUT2D eigenvalue weighted by Gasteiger charge is 2.47. The van der Waals surface area contributed by atoms with Crippen molar-refractivity contribution in [1.82, 2.24) is 29.7 Å². The first-order valence-corrected chi connectivity index (χ1v) is 16.6. The van der Waals surface area contributed by atoms with E-state index in [2.05, 4.69) is 21.0 Å². The predicted octanol–water partition coefficient (Wildman–Crippen LogP) is 3.82. The highest BCUT2D eigenvalue weighted by molar-refractivity contribution is 5.92. The second-order valence-corrected chi connectivity index (χ2v) is 14.1. The van der Waals surface area contributed by atoms with Gasteiger partial charge in [-0.05, 0) is 67.7 Å². The Morgan fingerprint density at radius 1 is 1.07 bits per heavy atom. The van der Waals surface area contributed by atoms with E-state index in [1.165, 1.54) is 18.9 Å². The van der Waals surface area contributed by atoms with Crippen LogP contribution in [-0.4, -0.2) is 93.1 Å². The molecule has 9 rings (SSSR count). The van der Waals surface area contributed by atoms with E-state index in [1.807, 2.05) is 4.57 Å². The Kier molecular flexibility index (Phi) is 6.63. The lowest BCUT2D eigenvalue weighted by atomic mass is 9.98. The van der Waals surface area contributed by atoms with Crippen LogP contribution in [0.2, 0.25) is 0 Å². The minimum Gasteiger partial charge on any atom is -0.508 e. The van der Waals surface area contributed by atoms with Crippen LogP contribution in [0.5, 0.6) is 11.6 Å². The summed E-state index contributed by atoms with van der Waals surface area (Å²) in [7, 11) is 0. The summed E-state index contributed by atoms with van der Waals surface area (Å²) in [4.78, 5) is 19.6. The molecular weight excluding hydrogens is 585 g/mol. The van der Waals surface area contributed by atoms with Gasteiger partial charge in [-0.15, -0.1) is 6.42 Å². The van der Waals surface area contributed by atoms with E-state index in [0.29, 0.717) is 70.2 Å². The van der Waals surface area contributed by atoms with Crippen LogP contribution in [-0.2, 0) is 11.3 Å². The number of aromatic hydroxyl groups is 1. The van der Waals surface area contributed by atoms with Gasteiger partial charge in [-0.3, -0.25) is 4.90 Å². The van der Waals surface area contributed by atoms with Gasteiger partial charge in [0.1, 0.15) is 11.6 Å². The number of hydrogen-bond donors (Lipinski definition) is 2. The maximum atomic E-state index is 14.8. The SMILES string of the molecule is C#Cc1c(F)ccc2cc(O)cc(Cn3cnc4c(OCC5(CN6CC7CCC(C6)O7)CC5)nc(N5C[C@H]6CC[C@@H](C5)N6)nc43)c12. The van der Waals surface area contributed by atoms with Crippen molar-refractivity contribution < 1.29 is 19.0 Å². The number of hydrogen-bond acceptors (Lipinski definition) is 9. The van der Waals surface area contributed by atoms with E-state index in [-0.39, 0.29) is 23.3 Å². The fraction of sp³-hybridized carbons (Fsp3) is 0.514. The van der Waals surface area contributed by atoms with E-state index in [4.69, 9.17) is 30.8 Å². The van der Waals surface area contributed by atoms with Crippen LogP contribution in [0.3, 0.4) is 0 Å². The maximum absolute atomic E-state index is 14.8. The molecule has 5 aliphatic rings. The topological polar surface area (TPSA) is 101 Å². The Balaban J connectivity index is 1.06. The van der Waals surface area contributed by atoms with Gasteiger partial charge in [-0.25, -0.2) is 9.37 Å². The smallest absolute Gasteiger partial charge is 0.247 e. The van der Waals surface area contributed by atoms with Crippen LogP contribution in [0.4, 0.5) is 10.3 Å². The molecule has 10 nitrogen and oxygen atoms in total. The number of likely N-dealkylation sites (tertiary alicyclic amines) is 1. The summed E-state index contributed by atoms with van der Waals surface area (Å²) in [6, 6.07) is 7.05. The second-order valence-electron chi connectivity index (χ2n) is 14.1. The molecule has 46 heavy (non-hydrogen) atoms. The Morgan fingerprint density at radius 3 is 2.59 bits per heavy atom. The number of phenols is 1. The number of benzene rings is 2. The lowest BCUT2D eigenvalue weighted by Gasteiger charge is -2.34. The summed E-state index contributed by atoms with van der Waals surface area (Å²) in [5, 5.41) is 15.5. The molecule has 0 amide bonds. The fourth-order valence-corrected chi connectivity index (χ4v) is 8.23. The predicted molar refractivity (Wildman–Crippen MR) is 172 cm³/mol. The van der Waals surface area contributed by atoms with Crippen LogP contribution in [0.15, 0.2) is 30.6 Å². The molecule has 0 spiro atoms. The van der Waals surface area contributed by atoms with Crippen LogP contribution in [0, 0.1) is 23.6 Å². The molecular formula is C35H38FN7O3. The summed E-state index contributed by atoms with van der Waals surface area (Å²) in [5.74, 6) is 3.26. The van der Waals surface area contributed by atoms with Gasteiger partial charge in [0.05, 0.1) is 37.3 Å². The number of anilines is 1. The zero-order chi connectivity index (χ0) is 31.0. The molecule has 11 heteroatoms. The third kappa shape index (κ3) is 5.03. The van der Waals surface area contributed by atoms with E-state index in [1.54, 1.807) is 24.5 Å². The molecule has 4 atom stereocenters. The monoisotopic (exact) mass is 623 g/mol. The third-order valence-electron chi connectivity index (χ3n) is 10.7. The average molecular weight is 624 g/mol. The molecule has 4 bridgehead atoms. The normalized spacial score (nSPS) is 26.6. The van der Waals surface area contributed by atoms with Crippen molar-refractivity contribution in [3.8, 4) is 24.0 Å². The van der Waals surface area contributed by atoms with Crippen LogP contribution in [0.25, 0.3) is 21.9 Å². The quantitative estimate of drug-likeness (QED) is 0.284. The van der Waals surface area contributed by atoms with Gasteiger partial charge in [0.15, 0.2) is 11.2 Å². The lowest BCUT2D eigenvalue weighted by molar-refractivity contribution is -0.0459. The van der Waals surface area contributed by atoms with Gasteiger partial charge >= 0.3 is 0 Å². The molecule has 238 valence electrons. The number of imidazole rings is 1. The number of rotatable bonds is 8. The number of nitrogens with one attached hydrogen (secondary N) is 1. The zero-order valence-corrected chi connectivity index (χ0v) is 25.8. The minimum atomic E-state index is -0.468. The molecule has 2 N–H and O–H groups in total. The highest BCUT2D eigenvalue weighted by atomic mass is 19.1. The second kappa shape index (κ2) is 10.8. The Labute approximate surface area is 266 Å². The van der Waals surface area contributed by atoms with Gasteiger partial charge in [0.25, 0.3) is 0 Å². The first-order valence-electron chi connectivity index (χ1n) is 16.6. The van der Waals surface area contributed by atoms with Crippen molar-refractivity contribution in [1.29, 1.82) is 0 Å². The van der Waals surface area contributed by atoms with Crippen molar-refractivity contribution in [2.45, 2.75) is 69.4 Å². The van der Waals surface area contributed by atoms with Crippen LogP contribution >= 0.6 is 0 Å². The van der Waals surface area contributed by atoms with Gasteiger partial charge in [0.2, 0.25) is 11.8 Å². The van der Waals surface area contributed by atoms with Crippen molar-refractivity contribution in [3.05, 3.63) is 47.5 Å². The summed E-state index contributed by atoms with van der Waals surface area (Å²) >= 11 is 0. The highest BCUT2D eigenvalue weighted by Crippen LogP contribution is 2.47. The van der Waals surface area contributed by atoms with E-state index >= 15 is 0 Å². The summed E-state index contributed by atoms with van der Waals surface area (Å²) < 4.78 is 29.4. The molecule has 4 aliphatic heterocycles. The number of halogens is 1. The van der Waals surface area contributed by atoms with Gasteiger partial charge < -0.3 is 29.4 Å². The number of aromatic nitrogens is 4. The average Bonchev–Trinajstić information content (AvgIpc) is 3.35. The number of terminal acetylenes is 1. The van der Waals surface area contributed by atoms with Crippen LogP contribution in [0.1, 0.15) is 49.7 Å². The maximum Gasteiger partial charge on any atom is 0.247 e. The molecule has 2 aromatic carbocycles. The zero-order valence-electron chi connectivity index (χ0n) is 25.8. The number of morpholine rings is 1.